The maximum Gasteiger partial charge on any atom is 0.306 e. The van der Waals surface area contributed by atoms with Crippen molar-refractivity contribution in [1.29, 1.82) is 0 Å². The molecule has 2 rings (SSSR count). The molecular formula is C13H14FNO4. The van der Waals surface area contributed by atoms with Gasteiger partial charge in [-0.15, -0.1) is 0 Å². The van der Waals surface area contributed by atoms with E-state index in [1.807, 2.05) is 0 Å². The number of rotatable bonds is 2. The summed E-state index contributed by atoms with van der Waals surface area (Å²) in [6, 6.07) is 3.23. The molecule has 0 bridgehead atoms. The lowest BCUT2D eigenvalue weighted by molar-refractivity contribution is -0.143. The Morgan fingerprint density at radius 1 is 1.26 bits per heavy atom. The van der Waals surface area contributed by atoms with Crippen molar-refractivity contribution in [2.24, 2.45) is 5.92 Å². The first-order valence-electron chi connectivity index (χ1n) is 5.99. The number of carbonyl (C=O) groups excluding carboxylic acids is 1. The number of phenols is 1. The van der Waals surface area contributed by atoms with Gasteiger partial charge in [-0.05, 0) is 25.0 Å². The Morgan fingerprint density at radius 3 is 2.42 bits per heavy atom. The Kier molecular flexibility index (Phi) is 3.69. The summed E-state index contributed by atoms with van der Waals surface area (Å²) in [7, 11) is 0. The van der Waals surface area contributed by atoms with Crippen LogP contribution in [0, 0.1) is 11.7 Å². The first-order valence-corrected chi connectivity index (χ1v) is 5.99. The quantitative estimate of drug-likeness (QED) is 0.850. The number of carboxylic acid groups (broad SMARTS) is 1. The van der Waals surface area contributed by atoms with Gasteiger partial charge in [0.25, 0.3) is 5.91 Å². The van der Waals surface area contributed by atoms with Crippen LogP contribution in [0.5, 0.6) is 5.75 Å². The fourth-order valence-corrected chi connectivity index (χ4v) is 2.19. The molecule has 0 aliphatic carbocycles. The Labute approximate surface area is 109 Å². The maximum absolute atomic E-state index is 12.8. The third-order valence-corrected chi connectivity index (χ3v) is 3.32. The highest BCUT2D eigenvalue weighted by atomic mass is 19.1. The van der Waals surface area contributed by atoms with Gasteiger partial charge in [0.2, 0.25) is 0 Å². The van der Waals surface area contributed by atoms with Gasteiger partial charge in [-0.3, -0.25) is 9.59 Å². The van der Waals surface area contributed by atoms with Crippen molar-refractivity contribution in [3.05, 3.63) is 29.6 Å². The van der Waals surface area contributed by atoms with Crippen LogP contribution < -0.4 is 0 Å². The second kappa shape index (κ2) is 5.26. The zero-order valence-corrected chi connectivity index (χ0v) is 10.2. The molecule has 1 saturated heterocycles. The number of aromatic hydroxyl groups is 1. The van der Waals surface area contributed by atoms with E-state index in [0.717, 1.165) is 12.1 Å². The number of halogens is 1. The SMILES string of the molecule is O=C(O)C1CCN(C(=O)c2ccc(F)cc2O)CC1. The number of aliphatic carboxylic acids is 1. The molecule has 1 fully saturated rings. The minimum atomic E-state index is -0.850. The lowest BCUT2D eigenvalue weighted by Gasteiger charge is -2.30. The number of carbonyl (C=O) groups is 2. The molecule has 0 atom stereocenters. The van der Waals surface area contributed by atoms with Crippen molar-refractivity contribution in [3.8, 4) is 5.75 Å². The summed E-state index contributed by atoms with van der Waals surface area (Å²) in [6.07, 6.45) is 0.784. The monoisotopic (exact) mass is 267 g/mol. The van der Waals surface area contributed by atoms with Crippen LogP contribution in [-0.2, 0) is 4.79 Å². The molecule has 1 aromatic carbocycles. The molecule has 102 valence electrons. The molecule has 0 unspecified atom stereocenters. The molecule has 0 aromatic heterocycles. The van der Waals surface area contributed by atoms with Crippen LogP contribution in [-0.4, -0.2) is 40.1 Å². The van der Waals surface area contributed by atoms with Crippen LogP contribution in [0.4, 0.5) is 4.39 Å². The zero-order chi connectivity index (χ0) is 14.0. The first-order chi connectivity index (χ1) is 8.99. The number of nitrogens with zero attached hydrogens (tertiary/aromatic N) is 1. The molecule has 1 amide bonds. The molecule has 0 saturated carbocycles. The number of hydrogen-bond donors (Lipinski definition) is 2. The number of piperidine rings is 1. The number of amides is 1. The average molecular weight is 267 g/mol. The topological polar surface area (TPSA) is 77.8 Å². The van der Waals surface area contributed by atoms with Gasteiger partial charge in [0, 0.05) is 19.2 Å². The summed E-state index contributed by atoms with van der Waals surface area (Å²) in [5.74, 6) is -2.69. The largest absolute Gasteiger partial charge is 0.507 e. The van der Waals surface area contributed by atoms with Crippen molar-refractivity contribution >= 4 is 11.9 Å². The minimum Gasteiger partial charge on any atom is -0.507 e. The van der Waals surface area contributed by atoms with Crippen molar-refractivity contribution in [2.45, 2.75) is 12.8 Å². The fourth-order valence-electron chi connectivity index (χ4n) is 2.19. The van der Waals surface area contributed by atoms with Crippen LogP contribution in [0.3, 0.4) is 0 Å². The van der Waals surface area contributed by atoms with Gasteiger partial charge < -0.3 is 15.1 Å². The minimum absolute atomic E-state index is 0.0372. The molecule has 1 heterocycles. The van der Waals surface area contributed by atoms with E-state index in [2.05, 4.69) is 0 Å². The lowest BCUT2D eigenvalue weighted by atomic mass is 9.96. The van der Waals surface area contributed by atoms with E-state index in [1.54, 1.807) is 0 Å². The molecule has 1 aliphatic rings. The summed E-state index contributed by atoms with van der Waals surface area (Å²) in [5.41, 5.74) is 0.0372. The van der Waals surface area contributed by atoms with Gasteiger partial charge in [-0.25, -0.2) is 4.39 Å². The van der Waals surface area contributed by atoms with E-state index >= 15 is 0 Å². The number of benzene rings is 1. The fraction of sp³-hybridized carbons (Fsp3) is 0.385. The summed E-state index contributed by atoms with van der Waals surface area (Å²) in [4.78, 5) is 24.4. The Bertz CT molecular complexity index is 509. The van der Waals surface area contributed by atoms with Crippen LogP contribution in [0.25, 0.3) is 0 Å². The average Bonchev–Trinajstić information content (AvgIpc) is 2.38. The van der Waals surface area contributed by atoms with Crippen molar-refractivity contribution < 1.29 is 24.2 Å². The van der Waals surface area contributed by atoms with E-state index in [1.165, 1.54) is 11.0 Å². The zero-order valence-electron chi connectivity index (χ0n) is 10.2. The standard InChI is InChI=1S/C13H14FNO4/c14-9-1-2-10(11(16)7-9)12(17)15-5-3-8(4-6-15)13(18)19/h1-2,7-8,16H,3-6H2,(H,18,19). The molecule has 6 heteroatoms. The second-order valence-electron chi connectivity index (χ2n) is 4.57. The van der Waals surface area contributed by atoms with E-state index in [0.29, 0.717) is 25.9 Å². The van der Waals surface area contributed by atoms with E-state index in [-0.39, 0.29) is 5.56 Å². The number of carboxylic acids is 1. The molecule has 2 N–H and O–H groups in total. The maximum atomic E-state index is 12.8. The third kappa shape index (κ3) is 2.83. The van der Waals surface area contributed by atoms with Crippen LogP contribution in [0.1, 0.15) is 23.2 Å². The van der Waals surface area contributed by atoms with E-state index in [4.69, 9.17) is 5.11 Å². The normalized spacial score (nSPS) is 16.4. The summed E-state index contributed by atoms with van der Waals surface area (Å²) >= 11 is 0. The highest BCUT2D eigenvalue weighted by Gasteiger charge is 2.28. The van der Waals surface area contributed by atoms with Crippen LogP contribution >= 0.6 is 0 Å². The van der Waals surface area contributed by atoms with Gasteiger partial charge in [0.15, 0.2) is 0 Å². The van der Waals surface area contributed by atoms with Gasteiger partial charge in [-0.2, -0.15) is 0 Å². The van der Waals surface area contributed by atoms with Crippen LogP contribution in [0.15, 0.2) is 18.2 Å². The molecule has 1 aliphatic heterocycles. The highest BCUT2D eigenvalue weighted by molar-refractivity contribution is 5.96. The second-order valence-corrected chi connectivity index (χ2v) is 4.57. The Balaban J connectivity index is 2.07. The third-order valence-electron chi connectivity index (χ3n) is 3.32. The van der Waals surface area contributed by atoms with Crippen molar-refractivity contribution in [1.82, 2.24) is 4.90 Å². The molecule has 0 spiro atoms. The number of phenolic OH excluding ortho intramolecular Hbond substituents is 1. The number of likely N-dealkylation sites (tertiary alicyclic amines) is 1. The Morgan fingerprint density at radius 2 is 1.89 bits per heavy atom. The highest BCUT2D eigenvalue weighted by Crippen LogP contribution is 2.23. The van der Waals surface area contributed by atoms with Gasteiger partial charge in [-0.1, -0.05) is 0 Å². The predicted octanol–water partition coefficient (Wildman–Crippen LogP) is 1.47. The van der Waals surface area contributed by atoms with Gasteiger partial charge >= 0.3 is 5.97 Å². The van der Waals surface area contributed by atoms with Gasteiger partial charge in [0.1, 0.15) is 11.6 Å². The first kappa shape index (κ1) is 13.3. The molecule has 19 heavy (non-hydrogen) atoms. The summed E-state index contributed by atoms with van der Waals surface area (Å²) in [6.45, 7) is 0.652. The van der Waals surface area contributed by atoms with E-state index in [9.17, 15) is 19.1 Å². The molecular weight excluding hydrogens is 253 g/mol. The summed E-state index contributed by atoms with van der Waals surface area (Å²) < 4.78 is 12.8. The molecule has 1 aromatic rings. The van der Waals surface area contributed by atoms with Crippen molar-refractivity contribution in [2.75, 3.05) is 13.1 Å². The smallest absolute Gasteiger partial charge is 0.306 e. The van der Waals surface area contributed by atoms with Gasteiger partial charge in [0.05, 0.1) is 11.5 Å². The Hall–Kier alpha value is -2.11. The number of hydrogen-bond acceptors (Lipinski definition) is 3. The van der Waals surface area contributed by atoms with Crippen LogP contribution in [0.2, 0.25) is 0 Å². The molecule has 0 radical (unpaired) electrons. The predicted molar refractivity (Wildman–Crippen MR) is 64.3 cm³/mol. The van der Waals surface area contributed by atoms with Crippen molar-refractivity contribution in [3.63, 3.8) is 0 Å². The summed E-state index contributed by atoms with van der Waals surface area (Å²) in [5, 5.41) is 18.4. The molecule has 5 nitrogen and oxygen atoms in total. The lowest BCUT2D eigenvalue weighted by Crippen LogP contribution is -2.40. The van der Waals surface area contributed by atoms with E-state index < -0.39 is 29.4 Å².